The van der Waals surface area contributed by atoms with Crippen molar-refractivity contribution in [2.24, 2.45) is 0 Å². The molecule has 116 valence electrons. The van der Waals surface area contributed by atoms with Crippen molar-refractivity contribution in [3.63, 3.8) is 0 Å². The van der Waals surface area contributed by atoms with Crippen LogP contribution in [0.2, 0.25) is 4.34 Å². The van der Waals surface area contributed by atoms with E-state index < -0.39 is 16.1 Å². The molecule has 1 aromatic heterocycles. The highest BCUT2D eigenvalue weighted by Crippen LogP contribution is 2.29. The molecule has 21 heavy (non-hydrogen) atoms. The van der Waals surface area contributed by atoms with Crippen LogP contribution in [0.4, 0.5) is 0 Å². The summed E-state index contributed by atoms with van der Waals surface area (Å²) in [6.45, 7) is 2.77. The van der Waals surface area contributed by atoms with Gasteiger partial charge in [0.05, 0.1) is 4.34 Å². The van der Waals surface area contributed by atoms with Gasteiger partial charge in [-0.15, -0.1) is 11.3 Å². The van der Waals surface area contributed by atoms with E-state index >= 15 is 0 Å². The van der Waals surface area contributed by atoms with E-state index in [0.29, 0.717) is 17.4 Å². The second kappa shape index (κ2) is 5.85. The highest BCUT2D eigenvalue weighted by atomic mass is 35.5. The lowest BCUT2D eigenvalue weighted by Crippen LogP contribution is -2.58. The molecule has 0 radical (unpaired) electrons. The predicted molar refractivity (Wildman–Crippen MR) is 81.1 cm³/mol. The SMILES string of the molecule is O=C1NCCN2CCCN(S(=O)(=O)c3ccc(Cl)s3)CC12. The molecule has 2 saturated heterocycles. The Morgan fingerprint density at radius 3 is 2.81 bits per heavy atom. The summed E-state index contributed by atoms with van der Waals surface area (Å²) in [5.41, 5.74) is 0. The quantitative estimate of drug-likeness (QED) is 0.848. The van der Waals surface area contributed by atoms with Crippen molar-refractivity contribution in [3.05, 3.63) is 16.5 Å². The maximum absolute atomic E-state index is 12.7. The summed E-state index contributed by atoms with van der Waals surface area (Å²) in [5.74, 6) is -0.0902. The van der Waals surface area contributed by atoms with Crippen LogP contribution in [0.25, 0.3) is 0 Å². The van der Waals surface area contributed by atoms with E-state index in [-0.39, 0.29) is 16.7 Å². The number of thiophene rings is 1. The Morgan fingerprint density at radius 1 is 1.29 bits per heavy atom. The van der Waals surface area contributed by atoms with Gasteiger partial charge in [0.15, 0.2) is 0 Å². The molecule has 6 nitrogen and oxygen atoms in total. The second-order valence-electron chi connectivity index (χ2n) is 5.12. The van der Waals surface area contributed by atoms with Gasteiger partial charge in [0.1, 0.15) is 10.3 Å². The number of amides is 1. The van der Waals surface area contributed by atoms with Gasteiger partial charge in [-0.05, 0) is 18.6 Å². The second-order valence-corrected chi connectivity index (χ2v) is 9.00. The summed E-state index contributed by atoms with van der Waals surface area (Å²) in [6.07, 6.45) is 0.724. The van der Waals surface area contributed by atoms with E-state index in [1.165, 1.54) is 10.4 Å². The zero-order chi connectivity index (χ0) is 15.0. The molecule has 0 spiro atoms. The van der Waals surface area contributed by atoms with Gasteiger partial charge in [0.2, 0.25) is 5.91 Å². The lowest BCUT2D eigenvalue weighted by molar-refractivity contribution is -0.128. The van der Waals surface area contributed by atoms with Gasteiger partial charge in [-0.3, -0.25) is 9.69 Å². The fourth-order valence-electron chi connectivity index (χ4n) is 2.74. The van der Waals surface area contributed by atoms with E-state index in [1.807, 2.05) is 0 Å². The van der Waals surface area contributed by atoms with Crippen LogP contribution in [0, 0.1) is 0 Å². The normalized spacial score (nSPS) is 25.2. The number of sulfonamides is 1. The van der Waals surface area contributed by atoms with Crippen molar-refractivity contribution in [1.29, 1.82) is 0 Å². The van der Waals surface area contributed by atoms with Crippen LogP contribution in [-0.2, 0) is 14.8 Å². The number of hydrogen-bond acceptors (Lipinski definition) is 5. The minimum Gasteiger partial charge on any atom is -0.353 e. The summed E-state index contributed by atoms with van der Waals surface area (Å²) in [7, 11) is -3.58. The minimum atomic E-state index is -3.58. The van der Waals surface area contributed by atoms with Crippen LogP contribution >= 0.6 is 22.9 Å². The predicted octanol–water partition coefficient (Wildman–Crippen LogP) is 0.596. The van der Waals surface area contributed by atoms with Crippen molar-refractivity contribution in [3.8, 4) is 0 Å². The lowest BCUT2D eigenvalue weighted by Gasteiger charge is -2.34. The number of fused-ring (bicyclic) bond motifs is 1. The van der Waals surface area contributed by atoms with Gasteiger partial charge < -0.3 is 5.32 Å². The molecule has 0 saturated carbocycles. The van der Waals surface area contributed by atoms with Crippen molar-refractivity contribution >= 4 is 38.9 Å². The maximum atomic E-state index is 12.7. The first-order chi connectivity index (χ1) is 9.98. The van der Waals surface area contributed by atoms with Gasteiger partial charge in [-0.25, -0.2) is 8.42 Å². The molecule has 2 fully saturated rings. The number of nitrogens with zero attached hydrogens (tertiary/aromatic N) is 2. The summed E-state index contributed by atoms with van der Waals surface area (Å²) in [4.78, 5) is 14.1. The van der Waals surface area contributed by atoms with Crippen LogP contribution < -0.4 is 5.32 Å². The van der Waals surface area contributed by atoms with Crippen LogP contribution in [0.15, 0.2) is 16.3 Å². The summed E-state index contributed by atoms with van der Waals surface area (Å²) in [6, 6.07) is 2.70. The first-order valence-corrected chi connectivity index (χ1v) is 9.39. The monoisotopic (exact) mass is 349 g/mol. The lowest BCUT2D eigenvalue weighted by atomic mass is 10.2. The molecule has 3 rings (SSSR count). The van der Waals surface area contributed by atoms with E-state index in [1.54, 1.807) is 6.07 Å². The van der Waals surface area contributed by atoms with E-state index in [9.17, 15) is 13.2 Å². The molecule has 0 bridgehead atoms. The molecule has 3 heterocycles. The summed E-state index contributed by atoms with van der Waals surface area (Å²) in [5, 5.41) is 2.80. The number of halogens is 1. The Morgan fingerprint density at radius 2 is 2.10 bits per heavy atom. The average Bonchev–Trinajstić information content (AvgIpc) is 2.75. The Bertz CT molecular complexity index is 646. The van der Waals surface area contributed by atoms with E-state index in [0.717, 1.165) is 30.8 Å². The Hall–Kier alpha value is -0.670. The van der Waals surface area contributed by atoms with Gasteiger partial charge in [0.25, 0.3) is 10.0 Å². The van der Waals surface area contributed by atoms with Crippen LogP contribution in [0.1, 0.15) is 6.42 Å². The first kappa shape index (κ1) is 15.2. The smallest absolute Gasteiger partial charge is 0.252 e. The molecule has 1 atom stereocenters. The van der Waals surface area contributed by atoms with Crippen LogP contribution in [0.5, 0.6) is 0 Å². The zero-order valence-corrected chi connectivity index (χ0v) is 13.7. The third-order valence-electron chi connectivity index (χ3n) is 3.81. The number of nitrogens with one attached hydrogen (secondary N) is 1. The van der Waals surface area contributed by atoms with Crippen molar-refractivity contribution in [1.82, 2.24) is 14.5 Å². The van der Waals surface area contributed by atoms with Crippen molar-refractivity contribution in [2.75, 3.05) is 32.7 Å². The van der Waals surface area contributed by atoms with Crippen LogP contribution in [-0.4, -0.2) is 62.3 Å². The third kappa shape index (κ3) is 2.95. The van der Waals surface area contributed by atoms with Gasteiger partial charge in [-0.1, -0.05) is 11.6 Å². The number of rotatable bonds is 2. The highest BCUT2D eigenvalue weighted by Gasteiger charge is 2.37. The van der Waals surface area contributed by atoms with Crippen molar-refractivity contribution < 1.29 is 13.2 Å². The largest absolute Gasteiger partial charge is 0.353 e. The van der Waals surface area contributed by atoms with Crippen molar-refractivity contribution in [2.45, 2.75) is 16.7 Å². The Kier molecular flexibility index (Phi) is 4.24. The molecular weight excluding hydrogens is 334 g/mol. The third-order valence-corrected chi connectivity index (χ3v) is 7.38. The topological polar surface area (TPSA) is 69.7 Å². The van der Waals surface area contributed by atoms with E-state index in [4.69, 9.17) is 11.6 Å². The molecule has 0 aromatic carbocycles. The molecule has 9 heteroatoms. The molecule has 1 unspecified atom stereocenters. The number of carbonyl (C=O) groups is 1. The Balaban J connectivity index is 1.86. The maximum Gasteiger partial charge on any atom is 0.252 e. The molecule has 1 N–H and O–H groups in total. The number of hydrogen-bond donors (Lipinski definition) is 1. The number of carbonyl (C=O) groups excluding carboxylic acids is 1. The highest BCUT2D eigenvalue weighted by molar-refractivity contribution is 7.91. The minimum absolute atomic E-state index is 0.0902. The van der Waals surface area contributed by atoms with Gasteiger partial charge in [0, 0.05) is 32.7 Å². The fourth-order valence-corrected chi connectivity index (χ4v) is 5.87. The van der Waals surface area contributed by atoms with E-state index in [2.05, 4.69) is 10.2 Å². The molecular formula is C12H16ClN3O3S2. The molecule has 0 aliphatic carbocycles. The average molecular weight is 350 g/mol. The van der Waals surface area contributed by atoms with Crippen LogP contribution in [0.3, 0.4) is 0 Å². The zero-order valence-electron chi connectivity index (χ0n) is 11.3. The molecule has 1 amide bonds. The Labute approximate surface area is 132 Å². The number of piperazine rings is 1. The fraction of sp³-hybridized carbons (Fsp3) is 0.583. The molecule has 2 aliphatic heterocycles. The molecule has 2 aliphatic rings. The standard InChI is InChI=1S/C12H16ClN3O3S2/c13-10-2-3-11(20-10)21(18,19)16-6-1-5-15-7-4-14-12(17)9(15)8-16/h2-3,9H,1,4-8H2,(H,14,17). The van der Waals surface area contributed by atoms with Gasteiger partial charge >= 0.3 is 0 Å². The van der Waals surface area contributed by atoms with Gasteiger partial charge in [-0.2, -0.15) is 4.31 Å². The first-order valence-electron chi connectivity index (χ1n) is 6.76. The summed E-state index contributed by atoms with van der Waals surface area (Å²) >= 11 is 6.88. The molecule has 1 aromatic rings. The summed E-state index contributed by atoms with van der Waals surface area (Å²) < 4.78 is 27.4.